The summed E-state index contributed by atoms with van der Waals surface area (Å²) in [6.07, 6.45) is 2.78. The second-order valence-corrected chi connectivity index (χ2v) is 9.69. The Morgan fingerprint density at radius 3 is 2.59 bits per heavy atom. The van der Waals surface area contributed by atoms with E-state index in [0.717, 1.165) is 42.5 Å². The molecule has 0 spiro atoms. The number of halogens is 2. The summed E-state index contributed by atoms with van der Waals surface area (Å²) in [6, 6.07) is 12.4. The zero-order valence-electron chi connectivity index (χ0n) is 18.4. The highest BCUT2D eigenvalue weighted by molar-refractivity contribution is 6.31. The molecule has 1 aromatic heterocycles. The number of fused-ring (bicyclic) bond motifs is 2. The summed E-state index contributed by atoms with van der Waals surface area (Å²) in [6.45, 7) is 1.03. The van der Waals surface area contributed by atoms with Crippen molar-refractivity contribution in [3.63, 3.8) is 0 Å². The van der Waals surface area contributed by atoms with Gasteiger partial charge < -0.3 is 25.1 Å². The maximum absolute atomic E-state index is 12.7. The van der Waals surface area contributed by atoms with Crippen molar-refractivity contribution < 1.29 is 18.7 Å². The minimum Gasteiger partial charge on any atom is -0.485 e. The highest BCUT2D eigenvalue weighted by Gasteiger charge is 2.29. The van der Waals surface area contributed by atoms with Crippen molar-refractivity contribution in [2.24, 2.45) is 5.92 Å². The number of nitrogens with one attached hydrogen (secondary N) is 3. The van der Waals surface area contributed by atoms with E-state index in [2.05, 4.69) is 16.0 Å². The van der Waals surface area contributed by atoms with Crippen LogP contribution in [0.1, 0.15) is 36.2 Å². The molecule has 34 heavy (non-hydrogen) atoms. The van der Waals surface area contributed by atoms with Gasteiger partial charge >= 0.3 is 0 Å². The van der Waals surface area contributed by atoms with Crippen molar-refractivity contribution in [2.45, 2.75) is 37.8 Å². The second kappa shape index (κ2) is 9.76. The first-order valence-corrected chi connectivity index (χ1v) is 12.2. The van der Waals surface area contributed by atoms with Gasteiger partial charge in [-0.2, -0.15) is 0 Å². The monoisotopic (exact) mass is 501 g/mol. The maximum atomic E-state index is 12.7. The van der Waals surface area contributed by atoms with Gasteiger partial charge in [-0.05, 0) is 68.1 Å². The van der Waals surface area contributed by atoms with E-state index >= 15 is 0 Å². The van der Waals surface area contributed by atoms with Crippen molar-refractivity contribution in [1.29, 1.82) is 0 Å². The van der Waals surface area contributed by atoms with Crippen LogP contribution in [0.25, 0.3) is 11.0 Å². The van der Waals surface area contributed by atoms with Gasteiger partial charge in [-0.15, -0.1) is 0 Å². The standard InChI is InChI=1S/C25H25Cl2N3O4/c26-16-3-7-21-15(9-16)10-23(34-21)25(32)30-18-5-1-14(2-6-18)24(31)29-13-19-12-28-20-11-17(27)4-8-22(20)33-19/h3-4,7-11,14,18-19,28H,1-2,5-6,12-13H2,(H,29,31)(H,30,32). The molecule has 2 heterocycles. The normalized spacial score (nSPS) is 21.8. The van der Waals surface area contributed by atoms with Crippen LogP contribution < -0.4 is 20.7 Å². The number of furan rings is 1. The Kier molecular flexibility index (Phi) is 6.57. The first-order chi connectivity index (χ1) is 16.4. The first kappa shape index (κ1) is 22.9. The minimum atomic E-state index is -0.247. The third kappa shape index (κ3) is 5.10. The lowest BCUT2D eigenvalue weighted by molar-refractivity contribution is -0.126. The molecule has 2 aromatic carbocycles. The third-order valence-electron chi connectivity index (χ3n) is 6.39. The maximum Gasteiger partial charge on any atom is 0.287 e. The van der Waals surface area contributed by atoms with E-state index in [0.29, 0.717) is 28.7 Å². The molecule has 1 atom stereocenters. The SMILES string of the molecule is O=C(NC1CCC(C(=O)NCC2CNc3cc(Cl)ccc3O2)CC1)c1cc2cc(Cl)ccc2o1. The lowest BCUT2D eigenvalue weighted by atomic mass is 9.85. The Bertz CT molecular complexity index is 1220. The molecule has 178 valence electrons. The molecular formula is C25H25Cl2N3O4. The van der Waals surface area contributed by atoms with Crippen molar-refractivity contribution in [1.82, 2.24) is 10.6 Å². The van der Waals surface area contributed by atoms with Crippen LogP contribution in [0, 0.1) is 5.92 Å². The Morgan fingerprint density at radius 1 is 1.00 bits per heavy atom. The zero-order chi connectivity index (χ0) is 23.7. The summed E-state index contributed by atoms with van der Waals surface area (Å²) < 4.78 is 11.6. The molecular weight excluding hydrogens is 477 g/mol. The van der Waals surface area contributed by atoms with Crippen LogP contribution >= 0.6 is 23.2 Å². The van der Waals surface area contributed by atoms with Crippen LogP contribution in [0.2, 0.25) is 10.0 Å². The number of benzene rings is 2. The van der Waals surface area contributed by atoms with Crippen LogP contribution in [0.5, 0.6) is 5.75 Å². The molecule has 3 aromatic rings. The minimum absolute atomic E-state index is 0.0163. The van der Waals surface area contributed by atoms with Gasteiger partial charge in [0.15, 0.2) is 5.76 Å². The van der Waals surface area contributed by atoms with E-state index in [9.17, 15) is 9.59 Å². The summed E-state index contributed by atoms with van der Waals surface area (Å²) in [5.74, 6) is 0.720. The van der Waals surface area contributed by atoms with Crippen molar-refractivity contribution in [3.8, 4) is 5.75 Å². The quantitative estimate of drug-likeness (QED) is 0.456. The fourth-order valence-corrected chi connectivity index (χ4v) is 4.90. The third-order valence-corrected chi connectivity index (χ3v) is 6.86. The number of ether oxygens (including phenoxy) is 1. The lowest BCUT2D eigenvalue weighted by Crippen LogP contribution is -2.45. The average molecular weight is 502 g/mol. The Hall–Kier alpha value is -2.90. The molecule has 1 unspecified atom stereocenters. The Morgan fingerprint density at radius 2 is 1.76 bits per heavy atom. The number of amides is 2. The summed E-state index contributed by atoms with van der Waals surface area (Å²) in [5, 5.41) is 11.4. The summed E-state index contributed by atoms with van der Waals surface area (Å²) in [7, 11) is 0. The van der Waals surface area contributed by atoms with E-state index in [-0.39, 0.29) is 35.6 Å². The largest absolute Gasteiger partial charge is 0.485 e. The fourth-order valence-electron chi connectivity index (χ4n) is 4.54. The van der Waals surface area contributed by atoms with Gasteiger partial charge in [0.2, 0.25) is 5.91 Å². The number of hydrogen-bond donors (Lipinski definition) is 3. The number of carbonyl (C=O) groups excluding carboxylic acids is 2. The number of carbonyl (C=O) groups is 2. The molecule has 1 aliphatic heterocycles. The van der Waals surface area contributed by atoms with Gasteiger partial charge in [-0.3, -0.25) is 9.59 Å². The van der Waals surface area contributed by atoms with Crippen molar-refractivity contribution in [3.05, 3.63) is 58.3 Å². The highest BCUT2D eigenvalue weighted by Crippen LogP contribution is 2.31. The molecule has 3 N–H and O–H groups in total. The van der Waals surface area contributed by atoms with Crippen LogP contribution in [0.15, 0.2) is 46.9 Å². The van der Waals surface area contributed by atoms with Crippen LogP contribution in [0.4, 0.5) is 5.69 Å². The summed E-state index contributed by atoms with van der Waals surface area (Å²) >= 11 is 12.0. The average Bonchev–Trinajstić information content (AvgIpc) is 3.26. The van der Waals surface area contributed by atoms with Gasteiger partial charge in [0, 0.05) is 27.4 Å². The number of hydrogen-bond acceptors (Lipinski definition) is 5. The van der Waals surface area contributed by atoms with Crippen molar-refractivity contribution in [2.75, 3.05) is 18.4 Å². The van der Waals surface area contributed by atoms with Gasteiger partial charge in [0.1, 0.15) is 17.4 Å². The molecule has 0 bridgehead atoms. The first-order valence-electron chi connectivity index (χ1n) is 11.4. The molecule has 5 rings (SSSR count). The smallest absolute Gasteiger partial charge is 0.287 e. The number of anilines is 1. The molecule has 9 heteroatoms. The molecule has 2 amide bonds. The number of rotatable bonds is 5. The van der Waals surface area contributed by atoms with E-state index in [1.165, 1.54) is 0 Å². The summed E-state index contributed by atoms with van der Waals surface area (Å²) in [4.78, 5) is 25.3. The van der Waals surface area contributed by atoms with E-state index in [1.807, 2.05) is 12.1 Å². The second-order valence-electron chi connectivity index (χ2n) is 8.82. The van der Waals surface area contributed by atoms with Crippen LogP contribution in [0.3, 0.4) is 0 Å². The van der Waals surface area contributed by atoms with Gasteiger partial charge in [0.05, 0.1) is 18.8 Å². The topological polar surface area (TPSA) is 92.6 Å². The molecule has 2 aliphatic rings. The Balaban J connectivity index is 1.07. The molecule has 1 fully saturated rings. The molecule has 1 aliphatic carbocycles. The predicted octanol–water partition coefficient (Wildman–Crippen LogP) is 5.02. The Labute approximate surface area is 207 Å². The van der Waals surface area contributed by atoms with Crippen LogP contribution in [-0.4, -0.2) is 37.0 Å². The molecule has 0 radical (unpaired) electrons. The summed E-state index contributed by atoms with van der Waals surface area (Å²) in [5.41, 5.74) is 1.49. The van der Waals surface area contributed by atoms with E-state index < -0.39 is 0 Å². The highest BCUT2D eigenvalue weighted by atomic mass is 35.5. The molecule has 0 saturated heterocycles. The lowest BCUT2D eigenvalue weighted by Gasteiger charge is -2.30. The zero-order valence-corrected chi connectivity index (χ0v) is 19.9. The van der Waals surface area contributed by atoms with Crippen LogP contribution in [-0.2, 0) is 4.79 Å². The predicted molar refractivity (Wildman–Crippen MR) is 132 cm³/mol. The van der Waals surface area contributed by atoms with Gasteiger partial charge in [0.25, 0.3) is 5.91 Å². The van der Waals surface area contributed by atoms with Gasteiger partial charge in [-0.25, -0.2) is 0 Å². The van der Waals surface area contributed by atoms with E-state index in [4.69, 9.17) is 32.4 Å². The fraction of sp³-hybridized carbons (Fsp3) is 0.360. The van der Waals surface area contributed by atoms with Crippen molar-refractivity contribution >= 4 is 51.7 Å². The van der Waals surface area contributed by atoms with E-state index in [1.54, 1.807) is 30.3 Å². The van der Waals surface area contributed by atoms with Gasteiger partial charge in [-0.1, -0.05) is 23.2 Å². The molecule has 7 nitrogen and oxygen atoms in total. The molecule has 1 saturated carbocycles.